The van der Waals surface area contributed by atoms with Crippen LogP contribution in [-0.4, -0.2) is 6.29 Å². The molecule has 15 heavy (non-hydrogen) atoms. The lowest BCUT2D eigenvalue weighted by Crippen LogP contribution is -2.00. The number of carbonyl (C=O) groups excluding carboxylic acids is 1. The fourth-order valence-electron chi connectivity index (χ4n) is 1.34. The van der Waals surface area contributed by atoms with Crippen molar-refractivity contribution in [2.24, 2.45) is 0 Å². The van der Waals surface area contributed by atoms with Crippen molar-refractivity contribution in [3.05, 3.63) is 51.2 Å². The molecule has 0 aromatic carbocycles. The van der Waals surface area contributed by atoms with Gasteiger partial charge in [-0.3, -0.25) is 4.79 Å². The second kappa shape index (κ2) is 4.79. The van der Waals surface area contributed by atoms with Gasteiger partial charge in [-0.1, -0.05) is 23.5 Å². The van der Waals surface area contributed by atoms with E-state index in [-0.39, 0.29) is 0 Å². The zero-order valence-electron chi connectivity index (χ0n) is 8.61. The highest BCUT2D eigenvalue weighted by Gasteiger charge is 2.27. The third-order valence-electron chi connectivity index (χ3n) is 2.30. The van der Waals surface area contributed by atoms with Crippen LogP contribution >= 0.6 is 23.5 Å². The van der Waals surface area contributed by atoms with E-state index < -0.39 is 0 Å². The van der Waals surface area contributed by atoms with Crippen LogP contribution in [0.15, 0.2) is 19.6 Å². The van der Waals surface area contributed by atoms with Gasteiger partial charge in [-0.25, -0.2) is 0 Å². The highest BCUT2D eigenvalue weighted by molar-refractivity contribution is 8.28. The Labute approximate surface area is 99.8 Å². The van der Waals surface area contributed by atoms with E-state index in [1.54, 1.807) is 23.5 Å². The van der Waals surface area contributed by atoms with Gasteiger partial charge < -0.3 is 0 Å². The zero-order valence-corrected chi connectivity index (χ0v) is 10.2. The summed E-state index contributed by atoms with van der Waals surface area (Å²) in [5.74, 6) is 1.02. The maximum Gasteiger partial charge on any atom is 0.148 e. The number of allylic oxidation sites excluding steroid dienone is 3. The van der Waals surface area contributed by atoms with Crippen LogP contribution in [0.3, 0.4) is 0 Å². The lowest BCUT2D eigenvalue weighted by Gasteiger charge is -2.09. The predicted octanol–water partition coefficient (Wildman–Crippen LogP) is 3.53. The van der Waals surface area contributed by atoms with Crippen LogP contribution < -0.4 is 0 Å². The Balaban J connectivity index is 2.19. The van der Waals surface area contributed by atoms with E-state index in [9.17, 15) is 4.79 Å². The Morgan fingerprint density at radius 2 is 1.67 bits per heavy atom. The summed E-state index contributed by atoms with van der Waals surface area (Å²) in [6, 6.07) is 0. The molecule has 2 aliphatic rings. The van der Waals surface area contributed by atoms with Crippen LogP contribution in [0, 0.1) is 31.6 Å². The zero-order chi connectivity index (χ0) is 10.8. The van der Waals surface area contributed by atoms with Crippen LogP contribution in [0.5, 0.6) is 0 Å². The monoisotopic (exact) mass is 235 g/mol. The minimum atomic E-state index is 0.811. The molecule has 0 saturated heterocycles. The first-order valence-electron chi connectivity index (χ1n) is 4.67. The molecule has 1 fully saturated rings. The maximum absolute atomic E-state index is 11.1. The van der Waals surface area contributed by atoms with Crippen LogP contribution in [0.4, 0.5) is 0 Å². The van der Waals surface area contributed by atoms with E-state index in [0.717, 1.165) is 22.0 Å². The summed E-state index contributed by atoms with van der Waals surface area (Å²) < 4.78 is 1.10. The topological polar surface area (TPSA) is 17.1 Å². The van der Waals surface area contributed by atoms with Crippen molar-refractivity contribution in [2.45, 2.75) is 13.8 Å². The van der Waals surface area contributed by atoms with Gasteiger partial charge in [0.25, 0.3) is 0 Å². The minimum absolute atomic E-state index is 0.811. The highest BCUT2D eigenvalue weighted by atomic mass is 32.2. The fraction of sp³-hybridized carbons (Fsp3) is 0.167. The number of carbonyl (C=O) groups is 1. The van der Waals surface area contributed by atoms with Gasteiger partial charge in [-0.2, -0.15) is 0 Å². The van der Waals surface area contributed by atoms with Gasteiger partial charge in [0.1, 0.15) is 6.29 Å². The van der Waals surface area contributed by atoms with E-state index in [1.165, 1.54) is 9.81 Å². The van der Waals surface area contributed by atoms with Gasteiger partial charge >= 0.3 is 0 Å². The Kier molecular flexibility index (Phi) is 3.62. The molecule has 0 bridgehead atoms. The average Bonchev–Trinajstić information content (AvgIpc) is 2.80. The molecule has 0 aromatic heterocycles. The van der Waals surface area contributed by atoms with E-state index in [4.69, 9.17) is 0 Å². The van der Waals surface area contributed by atoms with E-state index in [1.807, 2.05) is 25.7 Å². The first-order chi connectivity index (χ1) is 7.22. The molecule has 1 aliphatic carbocycles. The molecule has 1 saturated carbocycles. The van der Waals surface area contributed by atoms with Gasteiger partial charge in [-0.15, -0.1) is 0 Å². The van der Waals surface area contributed by atoms with Crippen molar-refractivity contribution < 1.29 is 4.79 Å². The van der Waals surface area contributed by atoms with Crippen molar-refractivity contribution in [2.75, 3.05) is 0 Å². The number of hydrogen-bond acceptors (Lipinski definition) is 3. The third kappa shape index (κ3) is 2.34. The lowest BCUT2D eigenvalue weighted by atomic mass is 10.0. The van der Waals surface area contributed by atoms with Gasteiger partial charge in [0.05, 0.1) is 4.24 Å². The number of hydrogen-bond donors (Lipinski definition) is 0. The van der Waals surface area contributed by atoms with Gasteiger partial charge in [0, 0.05) is 11.5 Å². The molecule has 1 heterocycles. The molecule has 2 rings (SSSR count). The number of aldehydes is 1. The molecule has 0 aromatic rings. The molecule has 1 aliphatic heterocycles. The Morgan fingerprint density at radius 3 is 2.13 bits per heavy atom. The molecule has 0 unspecified atom stereocenters. The summed E-state index contributed by atoms with van der Waals surface area (Å²) in [6.45, 7) is 4.18. The Hall–Kier alpha value is -0.150. The van der Waals surface area contributed by atoms with Crippen molar-refractivity contribution >= 4 is 29.8 Å². The normalized spacial score (nSPS) is 22.7. The molecule has 77 valence electrons. The van der Waals surface area contributed by atoms with Crippen molar-refractivity contribution in [1.82, 2.24) is 0 Å². The summed E-state index contributed by atoms with van der Waals surface area (Å²) in [4.78, 5) is 13.7. The van der Waals surface area contributed by atoms with Gasteiger partial charge in [0.2, 0.25) is 0 Å². The van der Waals surface area contributed by atoms with Gasteiger partial charge in [-0.05, 0) is 49.3 Å². The molecule has 0 amide bonds. The van der Waals surface area contributed by atoms with Crippen LogP contribution in [0.1, 0.15) is 13.8 Å². The largest absolute Gasteiger partial charge is 0.298 e. The smallest absolute Gasteiger partial charge is 0.148 e. The summed E-state index contributed by atoms with van der Waals surface area (Å²) in [7, 11) is 0. The quantitative estimate of drug-likeness (QED) is 0.538. The highest BCUT2D eigenvalue weighted by Crippen LogP contribution is 2.51. The van der Waals surface area contributed by atoms with E-state index in [0.29, 0.717) is 0 Å². The molecule has 3 heteroatoms. The minimum Gasteiger partial charge on any atom is -0.298 e. The summed E-state index contributed by atoms with van der Waals surface area (Å²) in [6.07, 6.45) is 8.81. The Bertz CT molecular complexity index is 320. The molecule has 0 spiro atoms. The van der Waals surface area contributed by atoms with E-state index in [2.05, 4.69) is 13.8 Å². The standard InChI is InChI=1S/C12H11OS2/c1-8-9(2)15-12(14-8)11(7-13)10-5-3-4-6-10/h3-7H,1-2H3. The lowest BCUT2D eigenvalue weighted by molar-refractivity contribution is -0.104. The van der Waals surface area contributed by atoms with Crippen LogP contribution in [0.25, 0.3) is 0 Å². The molecule has 1 nitrogen and oxygen atoms in total. The molecular formula is C12H11OS2. The van der Waals surface area contributed by atoms with E-state index >= 15 is 0 Å². The summed E-state index contributed by atoms with van der Waals surface area (Å²) >= 11 is 3.39. The second-order valence-electron chi connectivity index (χ2n) is 3.31. The van der Waals surface area contributed by atoms with Crippen molar-refractivity contribution in [3.63, 3.8) is 0 Å². The second-order valence-corrected chi connectivity index (χ2v) is 6.02. The molecule has 0 atom stereocenters. The summed E-state index contributed by atoms with van der Waals surface area (Å²) in [5.41, 5.74) is 0.811. The third-order valence-corrected chi connectivity index (χ3v) is 4.96. The molecular weight excluding hydrogens is 224 g/mol. The van der Waals surface area contributed by atoms with Crippen LogP contribution in [0.2, 0.25) is 0 Å². The SMILES string of the molecule is CC1=C(C)SC(=C(C=O)[C]2[CH][CH][CH][CH]2)S1. The average molecular weight is 235 g/mol. The predicted molar refractivity (Wildman–Crippen MR) is 67.1 cm³/mol. The summed E-state index contributed by atoms with van der Waals surface area (Å²) in [5, 5.41) is 0. The van der Waals surface area contributed by atoms with Crippen molar-refractivity contribution in [3.8, 4) is 0 Å². The number of rotatable bonds is 2. The molecule has 5 radical (unpaired) electrons. The molecule has 0 N–H and O–H groups in total. The maximum atomic E-state index is 11.1. The van der Waals surface area contributed by atoms with Crippen LogP contribution in [-0.2, 0) is 4.79 Å². The number of thioether (sulfide) groups is 2. The first-order valence-corrected chi connectivity index (χ1v) is 6.30. The van der Waals surface area contributed by atoms with Gasteiger partial charge in [0.15, 0.2) is 0 Å². The first kappa shape index (κ1) is 11.3. The Morgan fingerprint density at radius 1 is 1.13 bits per heavy atom. The fourth-order valence-corrected chi connectivity index (χ4v) is 3.90. The van der Waals surface area contributed by atoms with Crippen molar-refractivity contribution in [1.29, 1.82) is 0 Å².